The van der Waals surface area contributed by atoms with E-state index in [4.69, 9.17) is 15.3 Å². The standard InChI is InChI=1S/C15H11N5O2S/c1-9(2)20-22-15(12-4-3-5-23-12)13(10(6-16)7-17)11(8-18)14(19)21-15/h3-5H,19H2,1-2H3/t15-/m1/s1. The minimum Gasteiger partial charge on any atom is -0.425 e. The van der Waals surface area contributed by atoms with E-state index in [1.54, 1.807) is 43.5 Å². The molecule has 1 aliphatic rings. The molecular formula is C15H11N5O2S. The van der Waals surface area contributed by atoms with Gasteiger partial charge in [0.1, 0.15) is 29.4 Å². The Morgan fingerprint density at radius 2 is 2.04 bits per heavy atom. The molecule has 0 unspecified atom stereocenters. The van der Waals surface area contributed by atoms with Crippen molar-refractivity contribution in [3.63, 3.8) is 0 Å². The Morgan fingerprint density at radius 1 is 1.35 bits per heavy atom. The second-order valence-corrected chi connectivity index (χ2v) is 5.60. The van der Waals surface area contributed by atoms with Gasteiger partial charge >= 0.3 is 5.79 Å². The van der Waals surface area contributed by atoms with Crippen molar-refractivity contribution < 1.29 is 9.57 Å². The van der Waals surface area contributed by atoms with Gasteiger partial charge < -0.3 is 15.3 Å². The molecule has 0 fully saturated rings. The maximum Gasteiger partial charge on any atom is 0.342 e. The van der Waals surface area contributed by atoms with Crippen LogP contribution in [0.4, 0.5) is 0 Å². The zero-order valence-corrected chi connectivity index (χ0v) is 13.1. The first kappa shape index (κ1) is 16.1. The highest BCUT2D eigenvalue weighted by Crippen LogP contribution is 2.48. The van der Waals surface area contributed by atoms with E-state index < -0.39 is 5.79 Å². The van der Waals surface area contributed by atoms with Crippen molar-refractivity contribution in [3.05, 3.63) is 45.0 Å². The van der Waals surface area contributed by atoms with Gasteiger partial charge in [0.05, 0.1) is 16.2 Å². The topological polar surface area (TPSA) is 128 Å². The van der Waals surface area contributed by atoms with Crippen molar-refractivity contribution in [2.24, 2.45) is 10.9 Å². The van der Waals surface area contributed by atoms with E-state index in [2.05, 4.69) is 5.16 Å². The van der Waals surface area contributed by atoms with Gasteiger partial charge in [0.25, 0.3) is 0 Å². The molecule has 0 bridgehead atoms. The van der Waals surface area contributed by atoms with Crippen LogP contribution in [-0.2, 0) is 15.4 Å². The monoisotopic (exact) mass is 325 g/mol. The molecule has 1 aliphatic heterocycles. The molecule has 1 aromatic rings. The molecule has 0 spiro atoms. The molecule has 1 atom stereocenters. The molecule has 7 nitrogen and oxygen atoms in total. The Bertz CT molecular complexity index is 826. The van der Waals surface area contributed by atoms with Crippen LogP contribution in [0.25, 0.3) is 0 Å². The van der Waals surface area contributed by atoms with Crippen LogP contribution in [0.1, 0.15) is 18.7 Å². The van der Waals surface area contributed by atoms with E-state index in [1.165, 1.54) is 11.3 Å². The summed E-state index contributed by atoms with van der Waals surface area (Å²) in [6.07, 6.45) is 0. The molecule has 2 heterocycles. The molecule has 0 saturated carbocycles. The number of nitriles is 3. The Morgan fingerprint density at radius 3 is 2.52 bits per heavy atom. The highest BCUT2D eigenvalue weighted by molar-refractivity contribution is 7.10. The maximum atomic E-state index is 9.35. The van der Waals surface area contributed by atoms with Crippen LogP contribution in [0.3, 0.4) is 0 Å². The summed E-state index contributed by atoms with van der Waals surface area (Å²) in [6.45, 7) is 3.41. The Kier molecular flexibility index (Phi) is 4.36. The first-order chi connectivity index (χ1) is 11.0. The van der Waals surface area contributed by atoms with E-state index in [0.29, 0.717) is 10.6 Å². The number of allylic oxidation sites excluding steroid dienone is 1. The molecule has 8 heteroatoms. The first-order valence-electron chi connectivity index (χ1n) is 6.37. The van der Waals surface area contributed by atoms with E-state index in [0.717, 1.165) is 0 Å². The second-order valence-electron chi connectivity index (χ2n) is 4.65. The number of hydrogen-bond acceptors (Lipinski definition) is 8. The predicted octanol–water partition coefficient (Wildman–Crippen LogP) is 2.38. The number of oxime groups is 1. The Hall–Kier alpha value is -3.28. The van der Waals surface area contributed by atoms with Gasteiger partial charge in [-0.3, -0.25) is 0 Å². The number of nitrogens with zero attached hydrogens (tertiary/aromatic N) is 4. The molecule has 0 radical (unpaired) electrons. The molecule has 1 aromatic heterocycles. The lowest BCUT2D eigenvalue weighted by atomic mass is 9.94. The predicted molar refractivity (Wildman–Crippen MR) is 82.0 cm³/mol. The van der Waals surface area contributed by atoms with Crippen molar-refractivity contribution in [1.82, 2.24) is 0 Å². The summed E-state index contributed by atoms with van der Waals surface area (Å²) in [4.78, 5) is 6.05. The first-order valence-corrected chi connectivity index (χ1v) is 7.25. The quantitative estimate of drug-likeness (QED) is 0.516. The fraction of sp³-hybridized carbons (Fsp3) is 0.200. The molecule has 114 valence electrons. The number of thiophene rings is 1. The van der Waals surface area contributed by atoms with Crippen LogP contribution in [0.15, 0.2) is 45.3 Å². The van der Waals surface area contributed by atoms with Crippen molar-refractivity contribution in [3.8, 4) is 18.2 Å². The molecule has 0 amide bonds. The second kappa shape index (κ2) is 6.23. The van der Waals surface area contributed by atoms with E-state index in [1.807, 2.05) is 6.07 Å². The summed E-state index contributed by atoms with van der Waals surface area (Å²) >= 11 is 1.26. The van der Waals surface area contributed by atoms with Crippen molar-refractivity contribution in [2.75, 3.05) is 0 Å². The Balaban J connectivity index is 2.80. The molecular weight excluding hydrogens is 314 g/mol. The zero-order chi connectivity index (χ0) is 17.0. The largest absolute Gasteiger partial charge is 0.425 e. The number of rotatable bonds is 3. The van der Waals surface area contributed by atoms with Crippen LogP contribution >= 0.6 is 11.3 Å². The summed E-state index contributed by atoms with van der Waals surface area (Å²) in [5, 5.41) is 33.5. The van der Waals surface area contributed by atoms with Gasteiger partial charge in [0.15, 0.2) is 0 Å². The van der Waals surface area contributed by atoms with E-state index >= 15 is 0 Å². The van der Waals surface area contributed by atoms with Crippen LogP contribution in [0.5, 0.6) is 0 Å². The molecule has 23 heavy (non-hydrogen) atoms. The third-order valence-electron chi connectivity index (χ3n) is 2.87. The van der Waals surface area contributed by atoms with Gasteiger partial charge in [-0.1, -0.05) is 11.2 Å². The summed E-state index contributed by atoms with van der Waals surface area (Å²) in [6, 6.07) is 8.81. The molecule has 0 aromatic carbocycles. The van der Waals surface area contributed by atoms with Crippen molar-refractivity contribution in [1.29, 1.82) is 15.8 Å². The minimum absolute atomic E-state index is 0.0325. The van der Waals surface area contributed by atoms with Crippen LogP contribution in [0, 0.1) is 34.0 Å². The van der Waals surface area contributed by atoms with Gasteiger partial charge in [0.2, 0.25) is 5.88 Å². The summed E-state index contributed by atoms with van der Waals surface area (Å²) in [7, 11) is 0. The molecule has 0 aliphatic carbocycles. The van der Waals surface area contributed by atoms with E-state index in [9.17, 15) is 15.8 Å². The van der Waals surface area contributed by atoms with Crippen molar-refractivity contribution >= 4 is 17.0 Å². The smallest absolute Gasteiger partial charge is 0.342 e. The average Bonchev–Trinajstić information content (AvgIpc) is 3.14. The normalized spacial score (nSPS) is 19.2. The lowest BCUT2D eigenvalue weighted by Crippen LogP contribution is -2.31. The van der Waals surface area contributed by atoms with Gasteiger partial charge in [-0.05, 0) is 25.3 Å². The molecule has 0 saturated heterocycles. The summed E-state index contributed by atoms with van der Waals surface area (Å²) < 4.78 is 5.60. The molecule has 2 rings (SSSR count). The zero-order valence-electron chi connectivity index (χ0n) is 12.3. The van der Waals surface area contributed by atoms with Gasteiger partial charge in [-0.25, -0.2) is 0 Å². The van der Waals surface area contributed by atoms with Gasteiger partial charge in [-0.2, -0.15) is 15.8 Å². The highest BCUT2D eigenvalue weighted by Gasteiger charge is 2.53. The average molecular weight is 325 g/mol. The maximum absolute atomic E-state index is 9.35. The van der Waals surface area contributed by atoms with Gasteiger partial charge in [0, 0.05) is 0 Å². The summed E-state index contributed by atoms with van der Waals surface area (Å²) in [5.41, 5.74) is 5.90. The van der Waals surface area contributed by atoms with Crippen LogP contribution < -0.4 is 5.73 Å². The fourth-order valence-corrected chi connectivity index (χ4v) is 2.78. The minimum atomic E-state index is -1.72. The van der Waals surface area contributed by atoms with E-state index in [-0.39, 0.29) is 22.6 Å². The lowest BCUT2D eigenvalue weighted by Gasteiger charge is -2.27. The third-order valence-corrected chi connectivity index (χ3v) is 3.82. The lowest BCUT2D eigenvalue weighted by molar-refractivity contribution is -0.184. The third kappa shape index (κ3) is 2.62. The summed E-state index contributed by atoms with van der Waals surface area (Å²) in [5.74, 6) is -1.94. The highest BCUT2D eigenvalue weighted by atomic mass is 32.1. The van der Waals surface area contributed by atoms with Crippen LogP contribution in [-0.4, -0.2) is 5.71 Å². The number of ether oxygens (including phenoxy) is 1. The molecule has 2 N–H and O–H groups in total. The number of hydrogen-bond donors (Lipinski definition) is 1. The van der Waals surface area contributed by atoms with Gasteiger partial charge in [-0.15, -0.1) is 11.3 Å². The Labute approximate surface area is 136 Å². The fourth-order valence-electron chi connectivity index (χ4n) is 1.99. The SMILES string of the molecule is CC(C)=NO[C@@]1(c2cccs2)OC(N)=C(C#N)C1=C(C#N)C#N. The number of nitrogens with two attached hydrogens (primary N) is 1. The van der Waals surface area contributed by atoms with Crippen LogP contribution in [0.2, 0.25) is 0 Å². The van der Waals surface area contributed by atoms with Crippen molar-refractivity contribution in [2.45, 2.75) is 19.6 Å².